The Bertz CT molecular complexity index is 1110. The molecule has 5 nitrogen and oxygen atoms in total. The van der Waals surface area contributed by atoms with Crippen molar-refractivity contribution in [1.82, 2.24) is 0 Å². The highest BCUT2D eigenvalue weighted by Gasteiger charge is 2.31. The van der Waals surface area contributed by atoms with Crippen LogP contribution in [0.25, 0.3) is 0 Å². The highest BCUT2D eigenvalue weighted by Crippen LogP contribution is 2.35. The van der Waals surface area contributed by atoms with Crippen molar-refractivity contribution < 1.29 is 17.9 Å². The fourth-order valence-corrected chi connectivity index (χ4v) is 5.08. The van der Waals surface area contributed by atoms with E-state index < -0.39 is 16.1 Å². The van der Waals surface area contributed by atoms with Crippen LogP contribution in [-0.2, 0) is 10.0 Å². The molecule has 0 aliphatic carbocycles. The first-order valence-electron chi connectivity index (χ1n) is 9.36. The van der Waals surface area contributed by atoms with E-state index >= 15 is 0 Å². The minimum atomic E-state index is -3.90. The predicted molar refractivity (Wildman–Crippen MR) is 120 cm³/mol. The molecule has 0 saturated heterocycles. The monoisotopic (exact) mass is 445 g/mol. The lowest BCUT2D eigenvalue weighted by Gasteiger charge is -2.31. The van der Waals surface area contributed by atoms with Crippen molar-refractivity contribution in [3.8, 4) is 11.5 Å². The Hall–Kier alpha value is -2.70. The van der Waals surface area contributed by atoms with Crippen molar-refractivity contribution in [2.75, 3.05) is 18.5 Å². The Balaban J connectivity index is 2.13. The molecule has 0 radical (unpaired) electrons. The highest BCUT2D eigenvalue weighted by molar-refractivity contribution is 7.92. The molecule has 0 bridgehead atoms. The summed E-state index contributed by atoms with van der Waals surface area (Å²) >= 11 is 6.23. The van der Waals surface area contributed by atoms with Crippen LogP contribution >= 0.6 is 11.6 Å². The lowest BCUT2D eigenvalue weighted by molar-refractivity contribution is 0.414. The molecular formula is C23H24ClNO4S. The van der Waals surface area contributed by atoms with Gasteiger partial charge in [-0.1, -0.05) is 29.8 Å². The molecule has 0 unspecified atom stereocenters. The number of methoxy groups -OCH3 is 2. The molecule has 0 N–H and O–H groups in total. The van der Waals surface area contributed by atoms with Gasteiger partial charge >= 0.3 is 0 Å². The van der Waals surface area contributed by atoms with Crippen LogP contribution in [0.1, 0.15) is 24.1 Å². The van der Waals surface area contributed by atoms with Gasteiger partial charge in [0.15, 0.2) is 0 Å². The maximum atomic E-state index is 13.7. The molecule has 3 aromatic rings. The number of aryl methyl sites for hydroxylation is 1. The molecule has 0 heterocycles. The number of nitrogens with zero attached hydrogens (tertiary/aromatic N) is 1. The van der Waals surface area contributed by atoms with Gasteiger partial charge in [0.2, 0.25) is 0 Å². The van der Waals surface area contributed by atoms with Crippen molar-refractivity contribution in [3.63, 3.8) is 0 Å². The van der Waals surface area contributed by atoms with Crippen LogP contribution in [0, 0.1) is 6.92 Å². The van der Waals surface area contributed by atoms with Crippen molar-refractivity contribution in [1.29, 1.82) is 0 Å². The quantitative estimate of drug-likeness (QED) is 0.473. The van der Waals surface area contributed by atoms with Gasteiger partial charge in [-0.25, -0.2) is 8.42 Å². The summed E-state index contributed by atoms with van der Waals surface area (Å²) in [6.07, 6.45) is 0. The largest absolute Gasteiger partial charge is 0.497 e. The summed E-state index contributed by atoms with van der Waals surface area (Å²) in [4.78, 5) is 0.134. The van der Waals surface area contributed by atoms with Crippen molar-refractivity contribution in [3.05, 3.63) is 82.9 Å². The second-order valence-electron chi connectivity index (χ2n) is 6.86. The number of anilines is 1. The van der Waals surface area contributed by atoms with Crippen LogP contribution in [0.4, 0.5) is 5.69 Å². The third kappa shape index (κ3) is 4.40. The van der Waals surface area contributed by atoms with E-state index in [1.165, 1.54) is 10.4 Å². The van der Waals surface area contributed by atoms with Gasteiger partial charge < -0.3 is 9.47 Å². The zero-order valence-electron chi connectivity index (χ0n) is 17.3. The van der Waals surface area contributed by atoms with Gasteiger partial charge in [-0.05, 0) is 73.5 Å². The van der Waals surface area contributed by atoms with Crippen molar-refractivity contribution >= 4 is 27.3 Å². The summed E-state index contributed by atoms with van der Waals surface area (Å²) < 4.78 is 39.2. The number of ether oxygens (including phenoxy) is 2. The molecule has 0 spiro atoms. The van der Waals surface area contributed by atoms with E-state index in [2.05, 4.69) is 0 Å². The van der Waals surface area contributed by atoms with Crippen LogP contribution < -0.4 is 13.8 Å². The lowest BCUT2D eigenvalue weighted by atomic mass is 10.1. The van der Waals surface area contributed by atoms with Crippen LogP contribution in [0.2, 0.25) is 5.02 Å². The third-order valence-corrected chi connectivity index (χ3v) is 7.28. The smallest absolute Gasteiger partial charge is 0.264 e. The molecule has 0 amide bonds. The molecule has 3 rings (SSSR count). The normalized spacial score (nSPS) is 12.3. The Kier molecular flexibility index (Phi) is 6.58. The highest BCUT2D eigenvalue weighted by atomic mass is 35.5. The van der Waals surface area contributed by atoms with Crippen LogP contribution in [0.3, 0.4) is 0 Å². The molecule has 0 aromatic heterocycles. The fourth-order valence-electron chi connectivity index (χ4n) is 3.17. The molecule has 1 atom stereocenters. The molecule has 158 valence electrons. The maximum absolute atomic E-state index is 13.7. The average molecular weight is 446 g/mol. The van der Waals surface area contributed by atoms with Gasteiger partial charge in [-0.3, -0.25) is 4.31 Å². The molecule has 7 heteroatoms. The van der Waals surface area contributed by atoms with Gasteiger partial charge in [-0.15, -0.1) is 0 Å². The van der Waals surface area contributed by atoms with E-state index in [-0.39, 0.29) is 4.90 Å². The first-order valence-corrected chi connectivity index (χ1v) is 11.2. The molecule has 30 heavy (non-hydrogen) atoms. The molecule has 0 aliphatic rings. The van der Waals surface area contributed by atoms with Gasteiger partial charge in [0.05, 0.1) is 30.8 Å². The second kappa shape index (κ2) is 8.98. The Morgan fingerprint density at radius 1 is 0.867 bits per heavy atom. The second-order valence-corrected chi connectivity index (χ2v) is 9.08. The SMILES string of the molecule is COc1ccc([C@H](C)N(c2ccc(OC)cc2)S(=O)(=O)c2ccc(C)c(Cl)c2)cc1. The Labute approximate surface area is 182 Å². The number of sulfonamides is 1. The summed E-state index contributed by atoms with van der Waals surface area (Å²) in [7, 11) is -0.741. The van der Waals surface area contributed by atoms with E-state index in [0.29, 0.717) is 22.2 Å². The van der Waals surface area contributed by atoms with Crippen LogP contribution in [0.15, 0.2) is 71.6 Å². The number of benzene rings is 3. The summed E-state index contributed by atoms with van der Waals surface area (Å²) in [6.45, 7) is 3.68. The minimum Gasteiger partial charge on any atom is -0.497 e. The van der Waals surface area contributed by atoms with Gasteiger partial charge in [-0.2, -0.15) is 0 Å². The van der Waals surface area contributed by atoms with Gasteiger partial charge in [0.25, 0.3) is 10.0 Å². The molecular weight excluding hydrogens is 422 g/mol. The van der Waals surface area contributed by atoms with Crippen LogP contribution in [-0.4, -0.2) is 22.6 Å². The topological polar surface area (TPSA) is 55.8 Å². The maximum Gasteiger partial charge on any atom is 0.264 e. The summed E-state index contributed by atoms with van der Waals surface area (Å²) in [5, 5.41) is 0.405. The Morgan fingerprint density at radius 3 is 1.90 bits per heavy atom. The minimum absolute atomic E-state index is 0.134. The predicted octanol–water partition coefficient (Wildman–Crippen LogP) is 5.62. The standard InChI is InChI=1S/C23H24ClNO4S/c1-16-5-14-22(15-23(16)24)30(26,27)25(19-8-12-21(29-4)13-9-19)17(2)18-6-10-20(28-3)11-7-18/h5-15,17H,1-4H3/t17-/m0/s1. The first kappa shape index (κ1) is 22.0. The fraction of sp³-hybridized carbons (Fsp3) is 0.217. The lowest BCUT2D eigenvalue weighted by Crippen LogP contribution is -2.33. The molecule has 0 fully saturated rings. The molecule has 0 aliphatic heterocycles. The number of hydrogen-bond donors (Lipinski definition) is 0. The van der Waals surface area contributed by atoms with Crippen molar-refractivity contribution in [2.24, 2.45) is 0 Å². The third-order valence-electron chi connectivity index (χ3n) is 4.98. The number of hydrogen-bond acceptors (Lipinski definition) is 4. The summed E-state index contributed by atoms with van der Waals surface area (Å²) in [5.74, 6) is 1.35. The van der Waals surface area contributed by atoms with E-state index in [1.54, 1.807) is 50.6 Å². The molecule has 0 saturated carbocycles. The van der Waals surface area contributed by atoms with E-state index in [1.807, 2.05) is 38.1 Å². The summed E-state index contributed by atoms with van der Waals surface area (Å²) in [5.41, 5.74) is 2.17. The number of halogens is 1. The average Bonchev–Trinajstić information content (AvgIpc) is 2.76. The van der Waals surface area contributed by atoms with E-state index in [0.717, 1.165) is 11.1 Å². The number of rotatable bonds is 7. The zero-order chi connectivity index (χ0) is 21.9. The first-order chi connectivity index (χ1) is 14.3. The van der Waals surface area contributed by atoms with E-state index in [9.17, 15) is 8.42 Å². The van der Waals surface area contributed by atoms with Gasteiger partial charge in [0.1, 0.15) is 11.5 Å². The summed E-state index contributed by atoms with van der Waals surface area (Å²) in [6, 6.07) is 18.6. The Morgan fingerprint density at radius 2 is 1.40 bits per heavy atom. The zero-order valence-corrected chi connectivity index (χ0v) is 18.9. The van der Waals surface area contributed by atoms with E-state index in [4.69, 9.17) is 21.1 Å². The molecule has 3 aromatic carbocycles. The van der Waals surface area contributed by atoms with Gasteiger partial charge in [0, 0.05) is 5.02 Å². The van der Waals surface area contributed by atoms with Crippen LogP contribution in [0.5, 0.6) is 11.5 Å². The van der Waals surface area contributed by atoms with Crippen molar-refractivity contribution in [2.45, 2.75) is 24.8 Å².